The summed E-state index contributed by atoms with van der Waals surface area (Å²) in [7, 11) is 0. The Kier molecular flexibility index (Phi) is 5.58. The van der Waals surface area contributed by atoms with Crippen LogP contribution in [-0.4, -0.2) is 47.0 Å². The van der Waals surface area contributed by atoms with Crippen LogP contribution < -0.4 is 0 Å². The molecular weight excluding hydrogens is 348 g/mol. The number of hydrogen-bond acceptors (Lipinski definition) is 6. The molecule has 3 aliphatic rings. The fourth-order valence-electron chi connectivity index (χ4n) is 3.87. The summed E-state index contributed by atoms with van der Waals surface area (Å²) in [6, 6.07) is 0. The molecule has 0 aromatic rings. The van der Waals surface area contributed by atoms with E-state index in [1.165, 1.54) is 0 Å². The van der Waals surface area contributed by atoms with Gasteiger partial charge in [-0.2, -0.15) is 0 Å². The zero-order valence-corrected chi connectivity index (χ0v) is 15.0. The summed E-state index contributed by atoms with van der Waals surface area (Å²) in [6.07, 6.45) is 2.90. The van der Waals surface area contributed by atoms with Crippen molar-refractivity contribution in [1.82, 2.24) is 0 Å². The molecule has 1 saturated carbocycles. The van der Waals surface area contributed by atoms with Gasteiger partial charge in [0.2, 0.25) is 0 Å². The quantitative estimate of drug-likeness (QED) is 0.280. The number of hydrogen-bond donors (Lipinski definition) is 0. The van der Waals surface area contributed by atoms with E-state index in [-0.39, 0.29) is 36.9 Å². The van der Waals surface area contributed by atoms with E-state index in [4.69, 9.17) is 21.1 Å². The third-order valence-corrected chi connectivity index (χ3v) is 5.85. The molecule has 0 radical (unpaired) electrons. The molecule has 1 aliphatic carbocycles. The first-order valence-electron chi connectivity index (χ1n) is 8.94. The Labute approximate surface area is 151 Å². The van der Waals surface area contributed by atoms with Gasteiger partial charge in [0.1, 0.15) is 17.8 Å². The fourth-order valence-corrected chi connectivity index (χ4v) is 4.18. The number of rotatable bonds is 0. The standard InChI is InChI=1S/C18H23ClO6/c1-9-6-15-14(25-15)5-3-2-4-10(20)7-11-16(18(23)24-9)12(21)8-13(22)17(11)19/h9,11,14-17H,2-8H2,1H3/t9-,11-,14-,15-,16+,17+/m1/s1. The SMILES string of the molecule is C[C@@H]1C[C@H]2O[C@@H]2CCCCC(=O)C[C@@H]2[C@@H](C(=O)CC(=O)[C@H]2Cl)C(=O)O1. The van der Waals surface area contributed by atoms with Gasteiger partial charge in [-0.05, 0) is 19.8 Å². The number of carbonyl (C=O) groups excluding carboxylic acids is 4. The molecule has 25 heavy (non-hydrogen) atoms. The molecule has 7 heteroatoms. The van der Waals surface area contributed by atoms with E-state index < -0.39 is 34.7 Å². The minimum Gasteiger partial charge on any atom is -0.462 e. The lowest BCUT2D eigenvalue weighted by Gasteiger charge is -2.32. The minimum atomic E-state index is -1.13. The molecule has 2 saturated heterocycles. The smallest absolute Gasteiger partial charge is 0.317 e. The van der Waals surface area contributed by atoms with Crippen molar-refractivity contribution in [1.29, 1.82) is 0 Å². The molecule has 6 nitrogen and oxygen atoms in total. The van der Waals surface area contributed by atoms with Crippen LogP contribution in [0, 0.1) is 11.8 Å². The summed E-state index contributed by atoms with van der Waals surface area (Å²) in [6.45, 7) is 1.76. The molecule has 0 unspecified atom stereocenters. The fraction of sp³-hybridized carbons (Fsp3) is 0.778. The van der Waals surface area contributed by atoms with E-state index in [0.29, 0.717) is 12.8 Å². The third-order valence-electron chi connectivity index (χ3n) is 5.29. The lowest BCUT2D eigenvalue weighted by molar-refractivity contribution is -0.160. The maximum absolute atomic E-state index is 12.6. The zero-order chi connectivity index (χ0) is 18.1. The summed E-state index contributed by atoms with van der Waals surface area (Å²) in [5.41, 5.74) is 0. The zero-order valence-electron chi connectivity index (χ0n) is 14.2. The van der Waals surface area contributed by atoms with Gasteiger partial charge in [0.25, 0.3) is 0 Å². The molecule has 0 N–H and O–H groups in total. The summed E-state index contributed by atoms with van der Waals surface area (Å²) >= 11 is 6.17. The van der Waals surface area contributed by atoms with Gasteiger partial charge in [-0.15, -0.1) is 11.6 Å². The van der Waals surface area contributed by atoms with E-state index >= 15 is 0 Å². The number of halogens is 1. The second-order valence-corrected chi connectivity index (χ2v) is 7.81. The number of esters is 1. The first-order valence-corrected chi connectivity index (χ1v) is 9.37. The highest BCUT2D eigenvalue weighted by Gasteiger charge is 2.48. The summed E-state index contributed by atoms with van der Waals surface area (Å²) < 4.78 is 11.0. The van der Waals surface area contributed by atoms with Crippen LogP contribution >= 0.6 is 11.6 Å². The van der Waals surface area contributed by atoms with Gasteiger partial charge in [-0.25, -0.2) is 0 Å². The molecule has 0 bridgehead atoms. The second kappa shape index (κ2) is 7.54. The summed E-state index contributed by atoms with van der Waals surface area (Å²) in [5.74, 6) is -3.61. The highest BCUT2D eigenvalue weighted by atomic mass is 35.5. The lowest BCUT2D eigenvalue weighted by atomic mass is 9.74. The van der Waals surface area contributed by atoms with Gasteiger partial charge in [-0.1, -0.05) is 6.42 Å². The van der Waals surface area contributed by atoms with Crippen LogP contribution in [0.2, 0.25) is 0 Å². The molecule has 0 aromatic heterocycles. The average molecular weight is 371 g/mol. The molecule has 2 aliphatic heterocycles. The van der Waals surface area contributed by atoms with Gasteiger partial charge >= 0.3 is 5.97 Å². The normalized spacial score (nSPS) is 40.6. The summed E-state index contributed by atoms with van der Waals surface area (Å²) in [4.78, 5) is 49.1. The molecule has 0 aromatic carbocycles. The van der Waals surface area contributed by atoms with Crippen molar-refractivity contribution in [2.45, 2.75) is 75.6 Å². The Morgan fingerprint density at radius 1 is 1.04 bits per heavy atom. The molecule has 2 heterocycles. The van der Waals surface area contributed by atoms with Gasteiger partial charge in [0.15, 0.2) is 11.6 Å². The third kappa shape index (κ3) is 4.29. The van der Waals surface area contributed by atoms with Crippen molar-refractivity contribution < 1.29 is 28.7 Å². The number of ketones is 3. The van der Waals surface area contributed by atoms with Crippen molar-refractivity contribution in [3.63, 3.8) is 0 Å². The van der Waals surface area contributed by atoms with Crippen molar-refractivity contribution in [2.75, 3.05) is 0 Å². The van der Waals surface area contributed by atoms with Gasteiger partial charge in [0.05, 0.1) is 24.0 Å². The van der Waals surface area contributed by atoms with Gasteiger partial charge in [-0.3, -0.25) is 19.2 Å². The van der Waals surface area contributed by atoms with Crippen molar-refractivity contribution in [3.8, 4) is 0 Å². The van der Waals surface area contributed by atoms with E-state index in [1.807, 2.05) is 0 Å². The number of carbonyl (C=O) groups is 4. The molecule has 3 rings (SSSR count). The second-order valence-electron chi connectivity index (χ2n) is 7.34. The first-order chi connectivity index (χ1) is 11.9. The van der Waals surface area contributed by atoms with Crippen LogP contribution in [0.4, 0.5) is 0 Å². The molecule has 6 atom stereocenters. The summed E-state index contributed by atoms with van der Waals surface area (Å²) in [5, 5.41) is -1.00. The number of alkyl halides is 1. The maximum atomic E-state index is 12.6. The number of ether oxygens (including phenoxy) is 2. The Morgan fingerprint density at radius 2 is 1.80 bits per heavy atom. The minimum absolute atomic E-state index is 0.0393. The molecule has 138 valence electrons. The molecule has 0 amide bonds. The Balaban J connectivity index is 1.79. The molecule has 3 fully saturated rings. The van der Waals surface area contributed by atoms with Crippen LogP contribution in [0.15, 0.2) is 0 Å². The number of Topliss-reactive ketones (excluding diaryl/α,β-unsaturated/α-hetero) is 3. The van der Waals surface area contributed by atoms with Crippen molar-refractivity contribution in [2.24, 2.45) is 11.8 Å². The Hall–Kier alpha value is -1.27. The van der Waals surface area contributed by atoms with Crippen molar-refractivity contribution >= 4 is 34.9 Å². The van der Waals surface area contributed by atoms with Crippen LogP contribution in [0.3, 0.4) is 0 Å². The van der Waals surface area contributed by atoms with Crippen molar-refractivity contribution in [3.05, 3.63) is 0 Å². The van der Waals surface area contributed by atoms with Gasteiger partial charge in [0, 0.05) is 25.2 Å². The molecular formula is C18H23ClO6. The number of epoxide rings is 1. The average Bonchev–Trinajstić information content (AvgIpc) is 3.25. The molecule has 0 spiro atoms. The lowest BCUT2D eigenvalue weighted by Crippen LogP contribution is -2.47. The first kappa shape index (κ1) is 18.5. The predicted octanol–water partition coefficient (Wildman–Crippen LogP) is 1.99. The Bertz CT molecular complexity index is 588. The highest BCUT2D eigenvalue weighted by Crippen LogP contribution is 2.36. The van der Waals surface area contributed by atoms with E-state index in [0.717, 1.165) is 19.3 Å². The van der Waals surface area contributed by atoms with Crippen LogP contribution in [0.5, 0.6) is 0 Å². The van der Waals surface area contributed by atoms with Crippen LogP contribution in [0.1, 0.15) is 51.9 Å². The van der Waals surface area contributed by atoms with E-state index in [1.54, 1.807) is 6.92 Å². The topological polar surface area (TPSA) is 90.0 Å². The van der Waals surface area contributed by atoms with Crippen LogP contribution in [0.25, 0.3) is 0 Å². The van der Waals surface area contributed by atoms with E-state index in [9.17, 15) is 19.2 Å². The van der Waals surface area contributed by atoms with Crippen LogP contribution in [-0.2, 0) is 28.7 Å². The predicted molar refractivity (Wildman–Crippen MR) is 88.2 cm³/mol. The van der Waals surface area contributed by atoms with Gasteiger partial charge < -0.3 is 9.47 Å². The van der Waals surface area contributed by atoms with E-state index in [2.05, 4.69) is 0 Å². The number of fused-ring (bicyclic) bond motifs is 2. The maximum Gasteiger partial charge on any atom is 0.317 e. The highest BCUT2D eigenvalue weighted by molar-refractivity contribution is 6.35. The number of cyclic esters (lactones) is 1. The Morgan fingerprint density at radius 3 is 2.56 bits per heavy atom. The largest absolute Gasteiger partial charge is 0.462 e. The monoisotopic (exact) mass is 370 g/mol.